The SMILES string of the molecule is CCCCOc1ccc(/C(O)=C2/C(=O)C(=O)N(c3nnc(SCc4ccccc4F)s3)C2c2cc(OC)c(OC)c(OC)c2)cc1. The molecule has 2 heterocycles. The number of thioether (sulfide) groups is 1. The molecule has 1 aromatic heterocycles. The summed E-state index contributed by atoms with van der Waals surface area (Å²) in [6.07, 6.45) is 1.88. The van der Waals surface area contributed by atoms with E-state index in [1.54, 1.807) is 54.6 Å². The zero-order valence-corrected chi connectivity index (χ0v) is 27.2. The standard InChI is InChI=1S/C33H32FN3O7S2/c1-5-6-15-44-22-13-11-19(12-14-22)28(38)26-27(21-16-24(41-2)30(43-4)25(17-21)42-3)37(31(40)29(26)39)32-35-36-33(46-32)45-18-20-9-7-8-10-23(20)34/h7-14,16-17,27,38H,5-6,15,18H2,1-4H3/b28-26-. The number of nitrogens with zero attached hydrogens (tertiary/aromatic N) is 3. The van der Waals surface area contributed by atoms with Crippen molar-refractivity contribution in [1.82, 2.24) is 10.2 Å². The van der Waals surface area contributed by atoms with Gasteiger partial charge in [-0.05, 0) is 60.0 Å². The molecule has 5 rings (SSSR count). The molecule has 4 aromatic rings. The van der Waals surface area contributed by atoms with Crippen LogP contribution >= 0.6 is 23.1 Å². The Kier molecular flexibility index (Phi) is 10.4. The van der Waals surface area contributed by atoms with Crippen LogP contribution in [0.25, 0.3) is 5.76 Å². The van der Waals surface area contributed by atoms with Crippen LogP contribution in [-0.2, 0) is 15.3 Å². The number of aliphatic hydroxyl groups is 1. The fourth-order valence-electron chi connectivity index (χ4n) is 4.92. The van der Waals surface area contributed by atoms with Crippen molar-refractivity contribution in [3.63, 3.8) is 0 Å². The van der Waals surface area contributed by atoms with E-state index < -0.39 is 17.7 Å². The molecular weight excluding hydrogens is 634 g/mol. The lowest BCUT2D eigenvalue weighted by Crippen LogP contribution is -2.29. The molecule has 0 saturated carbocycles. The number of rotatable bonds is 13. The number of unbranched alkanes of at least 4 members (excludes halogenated alkanes) is 1. The molecule has 0 aliphatic carbocycles. The van der Waals surface area contributed by atoms with Crippen molar-refractivity contribution in [3.8, 4) is 23.0 Å². The molecule has 1 saturated heterocycles. The van der Waals surface area contributed by atoms with Gasteiger partial charge in [-0.15, -0.1) is 10.2 Å². The summed E-state index contributed by atoms with van der Waals surface area (Å²) < 4.78 is 37.0. The summed E-state index contributed by atoms with van der Waals surface area (Å²) in [6, 6.07) is 15.1. The van der Waals surface area contributed by atoms with Crippen molar-refractivity contribution in [1.29, 1.82) is 0 Å². The molecule has 0 bridgehead atoms. The van der Waals surface area contributed by atoms with Gasteiger partial charge in [0, 0.05) is 11.3 Å². The number of anilines is 1. The van der Waals surface area contributed by atoms with Gasteiger partial charge >= 0.3 is 5.91 Å². The van der Waals surface area contributed by atoms with Crippen LogP contribution in [0.5, 0.6) is 23.0 Å². The maximum atomic E-state index is 14.2. The number of ketones is 1. The number of methoxy groups -OCH3 is 3. The van der Waals surface area contributed by atoms with Crippen LogP contribution in [0.4, 0.5) is 9.52 Å². The Hall–Kier alpha value is -4.62. The summed E-state index contributed by atoms with van der Waals surface area (Å²) in [4.78, 5) is 28.6. The maximum absolute atomic E-state index is 14.2. The molecule has 0 spiro atoms. The van der Waals surface area contributed by atoms with Crippen molar-refractivity contribution >= 4 is 45.7 Å². The Morgan fingerprint density at radius 1 is 1.00 bits per heavy atom. The molecule has 1 fully saturated rings. The van der Waals surface area contributed by atoms with E-state index in [9.17, 15) is 19.1 Å². The van der Waals surface area contributed by atoms with Crippen molar-refractivity contribution in [2.24, 2.45) is 0 Å². The number of amides is 1. The fourth-order valence-corrected chi connectivity index (χ4v) is 6.77. The predicted molar refractivity (Wildman–Crippen MR) is 174 cm³/mol. The smallest absolute Gasteiger partial charge is 0.301 e. The Balaban J connectivity index is 1.58. The number of ether oxygens (including phenoxy) is 4. The van der Waals surface area contributed by atoms with Crippen molar-refractivity contribution in [2.75, 3.05) is 32.8 Å². The highest BCUT2D eigenvalue weighted by atomic mass is 32.2. The summed E-state index contributed by atoms with van der Waals surface area (Å²) in [7, 11) is 4.36. The Labute approximate surface area is 273 Å². The number of aromatic nitrogens is 2. The Morgan fingerprint density at radius 2 is 1.70 bits per heavy atom. The second-order valence-electron chi connectivity index (χ2n) is 10.1. The molecule has 0 radical (unpaired) electrons. The summed E-state index contributed by atoms with van der Waals surface area (Å²) in [6.45, 7) is 2.62. The highest BCUT2D eigenvalue weighted by Crippen LogP contribution is 2.48. The van der Waals surface area contributed by atoms with Gasteiger partial charge in [-0.2, -0.15) is 0 Å². The lowest BCUT2D eigenvalue weighted by molar-refractivity contribution is -0.132. The minimum Gasteiger partial charge on any atom is -0.507 e. The maximum Gasteiger partial charge on any atom is 0.301 e. The first-order chi connectivity index (χ1) is 22.3. The van der Waals surface area contributed by atoms with Crippen molar-refractivity contribution < 1.29 is 38.0 Å². The van der Waals surface area contributed by atoms with E-state index in [0.717, 1.165) is 24.2 Å². The Bertz CT molecular complexity index is 1740. The number of aliphatic hydroxyl groups excluding tert-OH is 1. The van der Waals surface area contributed by atoms with E-state index in [1.807, 2.05) is 0 Å². The summed E-state index contributed by atoms with van der Waals surface area (Å²) in [5, 5.41) is 20.1. The number of hydrogen-bond acceptors (Lipinski definition) is 11. The van der Waals surface area contributed by atoms with Gasteiger partial charge in [-0.1, -0.05) is 54.6 Å². The highest BCUT2D eigenvalue weighted by Gasteiger charge is 2.49. The summed E-state index contributed by atoms with van der Waals surface area (Å²) in [5.74, 6) is -0.741. The van der Waals surface area contributed by atoms with Crippen LogP contribution in [0, 0.1) is 5.82 Å². The molecular formula is C33H32FN3O7S2. The molecule has 10 nitrogen and oxygen atoms in total. The normalized spacial score (nSPS) is 15.7. The first-order valence-corrected chi connectivity index (χ1v) is 16.1. The van der Waals surface area contributed by atoms with E-state index in [1.165, 1.54) is 44.1 Å². The van der Waals surface area contributed by atoms with Crippen LogP contribution in [0.3, 0.4) is 0 Å². The van der Waals surface area contributed by atoms with Gasteiger partial charge in [-0.3, -0.25) is 14.5 Å². The topological polar surface area (TPSA) is 120 Å². The molecule has 1 N–H and O–H groups in total. The van der Waals surface area contributed by atoms with Crippen LogP contribution in [0.1, 0.15) is 42.5 Å². The van der Waals surface area contributed by atoms with E-state index in [2.05, 4.69) is 17.1 Å². The fraction of sp³-hybridized carbons (Fsp3) is 0.273. The molecule has 13 heteroatoms. The molecule has 1 aliphatic heterocycles. The average Bonchev–Trinajstić information content (AvgIpc) is 3.65. The van der Waals surface area contributed by atoms with Crippen LogP contribution in [0.2, 0.25) is 0 Å². The number of hydrogen-bond donors (Lipinski definition) is 1. The van der Waals surface area contributed by atoms with E-state index in [4.69, 9.17) is 18.9 Å². The molecule has 46 heavy (non-hydrogen) atoms. The zero-order valence-electron chi connectivity index (χ0n) is 25.6. The molecule has 1 unspecified atom stereocenters. The van der Waals surface area contributed by atoms with E-state index >= 15 is 0 Å². The minimum atomic E-state index is -1.13. The zero-order chi connectivity index (χ0) is 32.8. The first kappa shape index (κ1) is 32.8. The second kappa shape index (κ2) is 14.6. The third kappa shape index (κ3) is 6.65. The van der Waals surface area contributed by atoms with Gasteiger partial charge in [0.15, 0.2) is 15.8 Å². The quantitative estimate of drug-likeness (QED) is 0.0408. The minimum absolute atomic E-state index is 0.121. The number of benzene rings is 3. The lowest BCUT2D eigenvalue weighted by Gasteiger charge is -2.24. The molecule has 240 valence electrons. The van der Waals surface area contributed by atoms with Crippen LogP contribution in [-0.4, -0.2) is 54.9 Å². The summed E-state index contributed by atoms with van der Waals surface area (Å²) in [5.41, 5.74) is 1.04. The number of Topliss-reactive ketones (excluding diaryl/α,β-unsaturated/α-hetero) is 1. The third-order valence-corrected chi connectivity index (χ3v) is 9.36. The van der Waals surface area contributed by atoms with E-state index in [-0.39, 0.29) is 39.5 Å². The monoisotopic (exact) mass is 665 g/mol. The van der Waals surface area contributed by atoms with Gasteiger partial charge in [0.05, 0.1) is 39.6 Å². The van der Waals surface area contributed by atoms with Gasteiger partial charge in [0.2, 0.25) is 10.9 Å². The van der Waals surface area contributed by atoms with Crippen molar-refractivity contribution in [3.05, 3.63) is 88.7 Å². The highest BCUT2D eigenvalue weighted by molar-refractivity contribution is 8.00. The third-order valence-electron chi connectivity index (χ3n) is 7.25. The first-order valence-electron chi connectivity index (χ1n) is 14.3. The van der Waals surface area contributed by atoms with Gasteiger partial charge in [0.25, 0.3) is 5.78 Å². The average molecular weight is 666 g/mol. The molecule has 1 amide bonds. The lowest BCUT2D eigenvalue weighted by atomic mass is 9.94. The Morgan fingerprint density at radius 3 is 2.33 bits per heavy atom. The van der Waals surface area contributed by atoms with Gasteiger partial charge in [-0.25, -0.2) is 4.39 Å². The summed E-state index contributed by atoms with van der Waals surface area (Å²) >= 11 is 2.32. The predicted octanol–water partition coefficient (Wildman–Crippen LogP) is 6.80. The largest absolute Gasteiger partial charge is 0.507 e. The van der Waals surface area contributed by atoms with E-state index in [0.29, 0.717) is 39.1 Å². The van der Waals surface area contributed by atoms with Crippen molar-refractivity contribution in [2.45, 2.75) is 35.9 Å². The van der Waals surface area contributed by atoms with Crippen LogP contribution < -0.4 is 23.8 Å². The molecule has 1 atom stereocenters. The van der Waals surface area contributed by atoms with Gasteiger partial charge < -0.3 is 24.1 Å². The van der Waals surface area contributed by atoms with Gasteiger partial charge in [0.1, 0.15) is 17.3 Å². The second-order valence-corrected chi connectivity index (χ2v) is 12.3. The number of carbonyl (C=O) groups excluding carboxylic acids is 2. The molecule has 3 aromatic carbocycles. The van der Waals surface area contributed by atoms with Crippen LogP contribution in [0.15, 0.2) is 70.6 Å². The number of carbonyl (C=O) groups is 2. The number of halogens is 1. The molecule has 1 aliphatic rings.